The number of rotatable bonds is 3. The van der Waals surface area contributed by atoms with E-state index < -0.39 is 9.84 Å². The lowest BCUT2D eigenvalue weighted by molar-refractivity contribution is 0.414. The topological polar surface area (TPSA) is 78.0 Å². The van der Waals surface area contributed by atoms with Gasteiger partial charge in [0.15, 0.2) is 9.84 Å². The molecule has 1 aliphatic rings. The second-order valence-corrected chi connectivity index (χ2v) is 8.07. The van der Waals surface area contributed by atoms with Crippen molar-refractivity contribution in [1.82, 2.24) is 9.55 Å². The lowest BCUT2D eigenvalue weighted by Crippen LogP contribution is -2.34. The highest BCUT2D eigenvalue weighted by Crippen LogP contribution is 2.41. The fourth-order valence-electron chi connectivity index (χ4n) is 3.53. The molecule has 1 aromatic heterocycles. The molecule has 1 fully saturated rings. The lowest BCUT2D eigenvalue weighted by atomic mass is 9.85. The van der Waals surface area contributed by atoms with Crippen LogP contribution in [0.15, 0.2) is 23.1 Å². The van der Waals surface area contributed by atoms with Crippen molar-refractivity contribution in [1.29, 1.82) is 0 Å². The number of nitrogens with two attached hydrogens (primary N) is 1. The van der Waals surface area contributed by atoms with Crippen molar-refractivity contribution in [3.8, 4) is 0 Å². The highest BCUT2D eigenvalue weighted by Gasteiger charge is 2.38. The summed E-state index contributed by atoms with van der Waals surface area (Å²) in [6, 6.07) is 5.31. The minimum Gasteiger partial charge on any atom is -0.331 e. The third-order valence-corrected chi connectivity index (χ3v) is 5.83. The molecule has 1 aromatic carbocycles. The number of benzene rings is 1. The maximum atomic E-state index is 12.0. The molecule has 6 heteroatoms. The number of aromatic nitrogens is 2. The number of nitrogens with zero attached hydrogens (tertiary/aromatic N) is 2. The maximum absolute atomic E-state index is 12.0. The van der Waals surface area contributed by atoms with Gasteiger partial charge in [-0.2, -0.15) is 0 Å². The Labute approximate surface area is 125 Å². The van der Waals surface area contributed by atoms with Crippen molar-refractivity contribution < 1.29 is 8.42 Å². The molecule has 0 bridgehead atoms. The van der Waals surface area contributed by atoms with Crippen LogP contribution in [0, 0.1) is 0 Å². The average molecular weight is 307 g/mol. The molecule has 0 saturated heterocycles. The van der Waals surface area contributed by atoms with Crippen LogP contribution in [-0.4, -0.2) is 30.8 Å². The zero-order valence-corrected chi connectivity index (χ0v) is 13.3. The predicted octanol–water partition coefficient (Wildman–Crippen LogP) is 1.75. The number of aryl methyl sites for hydroxylation is 1. The molecule has 0 unspecified atom stereocenters. The van der Waals surface area contributed by atoms with Crippen LogP contribution < -0.4 is 5.73 Å². The molecule has 1 aliphatic carbocycles. The Balaban J connectivity index is 2.30. The van der Waals surface area contributed by atoms with Gasteiger partial charge in [0.1, 0.15) is 11.3 Å². The van der Waals surface area contributed by atoms with Gasteiger partial charge >= 0.3 is 0 Å². The molecule has 1 saturated carbocycles. The van der Waals surface area contributed by atoms with Gasteiger partial charge in [0.05, 0.1) is 10.4 Å². The fraction of sp³-hybridized carbons (Fsp3) is 0.533. The average Bonchev–Trinajstić information content (AvgIpc) is 3.03. The van der Waals surface area contributed by atoms with Gasteiger partial charge in [-0.3, -0.25) is 0 Å². The van der Waals surface area contributed by atoms with Crippen molar-refractivity contribution in [2.45, 2.75) is 36.0 Å². The Morgan fingerprint density at radius 2 is 2.00 bits per heavy atom. The number of hydrogen-bond donors (Lipinski definition) is 1. The highest BCUT2D eigenvalue weighted by atomic mass is 32.2. The second kappa shape index (κ2) is 4.81. The molecule has 0 atom stereocenters. The summed E-state index contributed by atoms with van der Waals surface area (Å²) in [6.07, 6.45) is 5.58. The van der Waals surface area contributed by atoms with E-state index in [1.54, 1.807) is 12.1 Å². The van der Waals surface area contributed by atoms with E-state index in [1.165, 1.54) is 6.26 Å². The summed E-state index contributed by atoms with van der Waals surface area (Å²) in [7, 11) is -1.34. The van der Waals surface area contributed by atoms with E-state index in [1.807, 2.05) is 17.7 Å². The minimum atomic E-state index is -3.29. The van der Waals surface area contributed by atoms with Gasteiger partial charge in [0.25, 0.3) is 0 Å². The van der Waals surface area contributed by atoms with Crippen LogP contribution in [-0.2, 0) is 22.3 Å². The van der Waals surface area contributed by atoms with E-state index >= 15 is 0 Å². The lowest BCUT2D eigenvalue weighted by Gasteiger charge is -2.26. The van der Waals surface area contributed by atoms with E-state index in [-0.39, 0.29) is 5.41 Å². The summed E-state index contributed by atoms with van der Waals surface area (Å²) >= 11 is 0. The number of sulfone groups is 1. The zero-order chi connectivity index (χ0) is 15.3. The monoisotopic (exact) mass is 307 g/mol. The van der Waals surface area contributed by atoms with E-state index in [0.717, 1.165) is 37.0 Å². The number of imidazole rings is 1. The van der Waals surface area contributed by atoms with Crippen LogP contribution in [0.2, 0.25) is 0 Å². The molecule has 3 rings (SSSR count). The Morgan fingerprint density at radius 3 is 2.57 bits per heavy atom. The van der Waals surface area contributed by atoms with Crippen molar-refractivity contribution in [2.24, 2.45) is 12.8 Å². The Bertz CT molecular complexity index is 787. The summed E-state index contributed by atoms with van der Waals surface area (Å²) < 4.78 is 25.9. The molecule has 2 N–H and O–H groups in total. The summed E-state index contributed by atoms with van der Waals surface area (Å²) in [5.41, 5.74) is 7.36. The number of para-hydroxylation sites is 1. The van der Waals surface area contributed by atoms with Crippen molar-refractivity contribution in [3.05, 3.63) is 24.0 Å². The van der Waals surface area contributed by atoms with Gasteiger partial charge in [-0.15, -0.1) is 0 Å². The predicted molar refractivity (Wildman–Crippen MR) is 83.0 cm³/mol. The first-order valence-electron chi connectivity index (χ1n) is 7.25. The van der Waals surface area contributed by atoms with Gasteiger partial charge in [0, 0.05) is 25.3 Å². The summed E-state index contributed by atoms with van der Waals surface area (Å²) in [6.45, 7) is 0.554. The van der Waals surface area contributed by atoms with Gasteiger partial charge in [0.2, 0.25) is 0 Å². The molecule has 114 valence electrons. The summed E-state index contributed by atoms with van der Waals surface area (Å²) in [5.74, 6) is 0.925. The standard InChI is InChI=1S/C15H21N3O2S/c1-18-11-6-5-7-12(21(2,19)20)13(11)17-14(18)15(10-16)8-3-4-9-15/h5-7H,3-4,8-10,16H2,1-2H3. The molecular weight excluding hydrogens is 286 g/mol. The van der Waals surface area contributed by atoms with Crippen LogP contribution in [0.1, 0.15) is 31.5 Å². The van der Waals surface area contributed by atoms with Gasteiger partial charge < -0.3 is 10.3 Å². The third kappa shape index (κ3) is 2.17. The quantitative estimate of drug-likeness (QED) is 0.937. The van der Waals surface area contributed by atoms with Crippen molar-refractivity contribution >= 4 is 20.9 Å². The van der Waals surface area contributed by atoms with Crippen LogP contribution >= 0.6 is 0 Å². The maximum Gasteiger partial charge on any atom is 0.177 e. The Hall–Kier alpha value is -1.40. The molecular formula is C15H21N3O2S. The first kappa shape index (κ1) is 14.5. The summed E-state index contributed by atoms with van der Waals surface area (Å²) in [4.78, 5) is 5.01. The largest absolute Gasteiger partial charge is 0.331 e. The molecule has 0 amide bonds. The summed E-state index contributed by atoms with van der Waals surface area (Å²) in [5, 5.41) is 0. The smallest absolute Gasteiger partial charge is 0.177 e. The van der Waals surface area contributed by atoms with E-state index in [0.29, 0.717) is 17.0 Å². The molecule has 0 spiro atoms. The first-order chi connectivity index (χ1) is 9.89. The van der Waals surface area contributed by atoms with E-state index in [2.05, 4.69) is 0 Å². The molecule has 2 aromatic rings. The fourth-order valence-corrected chi connectivity index (χ4v) is 4.36. The molecule has 1 heterocycles. The molecule has 21 heavy (non-hydrogen) atoms. The van der Waals surface area contributed by atoms with Crippen LogP contribution in [0.4, 0.5) is 0 Å². The zero-order valence-electron chi connectivity index (χ0n) is 12.5. The first-order valence-corrected chi connectivity index (χ1v) is 9.14. The SMILES string of the molecule is Cn1c(C2(CN)CCCC2)nc2c(S(C)(=O)=O)cccc21. The second-order valence-electron chi connectivity index (χ2n) is 6.08. The Kier molecular flexibility index (Phi) is 3.33. The highest BCUT2D eigenvalue weighted by molar-refractivity contribution is 7.91. The molecule has 0 aliphatic heterocycles. The van der Waals surface area contributed by atoms with Gasteiger partial charge in [-0.05, 0) is 25.0 Å². The van der Waals surface area contributed by atoms with Crippen molar-refractivity contribution in [3.63, 3.8) is 0 Å². The van der Waals surface area contributed by atoms with Crippen LogP contribution in [0.5, 0.6) is 0 Å². The Morgan fingerprint density at radius 1 is 1.33 bits per heavy atom. The van der Waals surface area contributed by atoms with E-state index in [4.69, 9.17) is 10.7 Å². The van der Waals surface area contributed by atoms with Gasteiger partial charge in [-0.1, -0.05) is 18.9 Å². The van der Waals surface area contributed by atoms with Gasteiger partial charge in [-0.25, -0.2) is 13.4 Å². The van der Waals surface area contributed by atoms with Crippen molar-refractivity contribution in [2.75, 3.05) is 12.8 Å². The number of hydrogen-bond acceptors (Lipinski definition) is 4. The number of fused-ring (bicyclic) bond motifs is 1. The normalized spacial score (nSPS) is 18.4. The molecule has 0 radical (unpaired) electrons. The molecule has 5 nitrogen and oxygen atoms in total. The third-order valence-electron chi connectivity index (χ3n) is 4.70. The minimum absolute atomic E-state index is 0.109. The van der Waals surface area contributed by atoms with Crippen LogP contribution in [0.25, 0.3) is 11.0 Å². The van der Waals surface area contributed by atoms with Crippen LogP contribution in [0.3, 0.4) is 0 Å². The van der Waals surface area contributed by atoms with E-state index in [9.17, 15) is 8.42 Å².